The monoisotopic (exact) mass is 329 g/mol. The number of nitrogens with zero attached hydrogens (tertiary/aromatic N) is 2. The summed E-state index contributed by atoms with van der Waals surface area (Å²) in [6.07, 6.45) is 2.04. The van der Waals surface area contributed by atoms with Crippen molar-refractivity contribution in [3.63, 3.8) is 0 Å². The van der Waals surface area contributed by atoms with Crippen molar-refractivity contribution in [3.05, 3.63) is 70.2 Å². The van der Waals surface area contributed by atoms with Crippen LogP contribution in [0.25, 0.3) is 5.52 Å². The van der Waals surface area contributed by atoms with Gasteiger partial charge in [-0.2, -0.15) is 0 Å². The first kappa shape index (κ1) is 13.3. The van der Waals surface area contributed by atoms with Crippen molar-refractivity contribution in [1.82, 2.24) is 14.7 Å². The van der Waals surface area contributed by atoms with Crippen LogP contribution >= 0.6 is 15.9 Å². The van der Waals surface area contributed by atoms with Gasteiger partial charge in [-0.25, -0.2) is 4.98 Å². The van der Waals surface area contributed by atoms with Crippen LogP contribution in [0.1, 0.15) is 17.0 Å². The number of hydrogen-bond acceptors (Lipinski definition) is 2. The van der Waals surface area contributed by atoms with Crippen LogP contribution in [0.3, 0.4) is 0 Å². The van der Waals surface area contributed by atoms with Gasteiger partial charge in [0.1, 0.15) is 10.4 Å². The molecule has 2 aromatic heterocycles. The topological polar surface area (TPSA) is 29.3 Å². The van der Waals surface area contributed by atoms with Crippen molar-refractivity contribution in [2.75, 3.05) is 0 Å². The summed E-state index contributed by atoms with van der Waals surface area (Å²) in [4.78, 5) is 4.55. The van der Waals surface area contributed by atoms with Crippen LogP contribution in [0.15, 0.2) is 53.3 Å². The summed E-state index contributed by atoms with van der Waals surface area (Å²) in [6, 6.07) is 14.7. The molecule has 2 heterocycles. The van der Waals surface area contributed by atoms with Crippen LogP contribution in [0.5, 0.6) is 0 Å². The van der Waals surface area contributed by atoms with Gasteiger partial charge in [0.05, 0.1) is 12.1 Å². The Morgan fingerprint density at radius 3 is 2.70 bits per heavy atom. The molecule has 3 rings (SSSR count). The molecule has 20 heavy (non-hydrogen) atoms. The zero-order valence-electron chi connectivity index (χ0n) is 11.3. The molecule has 0 fully saturated rings. The molecule has 0 bridgehead atoms. The van der Waals surface area contributed by atoms with Crippen molar-refractivity contribution in [1.29, 1.82) is 0 Å². The zero-order chi connectivity index (χ0) is 13.9. The fourth-order valence-corrected chi connectivity index (χ4v) is 2.74. The van der Waals surface area contributed by atoms with E-state index in [0.29, 0.717) is 0 Å². The third kappa shape index (κ3) is 2.76. The van der Waals surface area contributed by atoms with E-state index in [9.17, 15) is 0 Å². The number of imidazole rings is 1. The Morgan fingerprint density at radius 2 is 1.90 bits per heavy atom. The van der Waals surface area contributed by atoms with Crippen molar-refractivity contribution >= 4 is 21.4 Å². The maximum atomic E-state index is 4.55. The minimum atomic E-state index is 0.741. The van der Waals surface area contributed by atoms with Gasteiger partial charge in [-0.15, -0.1) is 0 Å². The predicted octanol–water partition coefficient (Wildman–Crippen LogP) is 3.70. The van der Waals surface area contributed by atoms with Gasteiger partial charge in [0.2, 0.25) is 0 Å². The summed E-state index contributed by atoms with van der Waals surface area (Å²) < 4.78 is 3.00. The van der Waals surface area contributed by atoms with E-state index in [1.807, 2.05) is 18.3 Å². The Labute approximate surface area is 126 Å². The van der Waals surface area contributed by atoms with Gasteiger partial charge >= 0.3 is 0 Å². The van der Waals surface area contributed by atoms with Crippen LogP contribution in [-0.4, -0.2) is 9.38 Å². The highest BCUT2D eigenvalue weighted by molar-refractivity contribution is 9.10. The lowest BCUT2D eigenvalue weighted by molar-refractivity contribution is 0.660. The molecule has 4 heteroatoms. The van der Waals surface area contributed by atoms with Crippen LogP contribution in [-0.2, 0) is 13.1 Å². The number of aryl methyl sites for hydroxylation is 1. The lowest BCUT2D eigenvalue weighted by Gasteiger charge is -2.05. The van der Waals surface area contributed by atoms with Gasteiger partial charge < -0.3 is 9.72 Å². The highest BCUT2D eigenvalue weighted by Gasteiger charge is 2.07. The Morgan fingerprint density at radius 1 is 1.10 bits per heavy atom. The van der Waals surface area contributed by atoms with Crippen molar-refractivity contribution in [2.45, 2.75) is 20.0 Å². The first-order chi connectivity index (χ1) is 9.74. The summed E-state index contributed by atoms with van der Waals surface area (Å²) in [5.41, 5.74) is 3.67. The average molecular weight is 330 g/mol. The predicted molar refractivity (Wildman–Crippen MR) is 84.6 cm³/mol. The summed E-state index contributed by atoms with van der Waals surface area (Å²) >= 11 is 3.50. The molecular weight excluding hydrogens is 314 g/mol. The highest BCUT2D eigenvalue weighted by Crippen LogP contribution is 2.18. The smallest absolute Gasteiger partial charge is 0.132 e. The number of aromatic nitrogens is 2. The lowest BCUT2D eigenvalue weighted by Crippen LogP contribution is -2.14. The molecule has 0 aliphatic carbocycles. The maximum Gasteiger partial charge on any atom is 0.132 e. The summed E-state index contributed by atoms with van der Waals surface area (Å²) in [5.74, 6) is 1.01. The van der Waals surface area contributed by atoms with E-state index in [2.05, 4.69) is 67.9 Å². The summed E-state index contributed by atoms with van der Waals surface area (Å²) in [7, 11) is 0. The largest absolute Gasteiger partial charge is 0.306 e. The first-order valence-corrected chi connectivity index (χ1v) is 7.41. The molecule has 3 nitrogen and oxygen atoms in total. The quantitative estimate of drug-likeness (QED) is 0.790. The van der Waals surface area contributed by atoms with Gasteiger partial charge in [-0.05, 0) is 40.5 Å². The van der Waals surface area contributed by atoms with E-state index >= 15 is 0 Å². The molecule has 0 atom stereocenters. The molecular formula is C16H16BrN3. The number of fused-ring (bicyclic) bond motifs is 1. The lowest BCUT2D eigenvalue weighted by atomic mass is 10.1. The zero-order valence-corrected chi connectivity index (χ0v) is 12.9. The third-order valence-electron chi connectivity index (χ3n) is 3.31. The van der Waals surface area contributed by atoms with Crippen LogP contribution in [0.2, 0.25) is 0 Å². The summed E-state index contributed by atoms with van der Waals surface area (Å²) in [6.45, 7) is 3.69. The van der Waals surface area contributed by atoms with E-state index in [1.54, 1.807) is 0 Å². The van der Waals surface area contributed by atoms with Gasteiger partial charge in [0, 0.05) is 12.7 Å². The Kier molecular flexibility index (Phi) is 3.85. The molecule has 0 amide bonds. The number of benzene rings is 1. The highest BCUT2D eigenvalue weighted by atomic mass is 79.9. The fourth-order valence-electron chi connectivity index (χ4n) is 2.21. The molecule has 0 aliphatic rings. The Bertz CT molecular complexity index is 716. The van der Waals surface area contributed by atoms with Crippen molar-refractivity contribution in [3.8, 4) is 0 Å². The number of rotatable bonds is 4. The fraction of sp³-hybridized carbons (Fsp3) is 0.188. The molecule has 102 valence electrons. The number of halogens is 1. The minimum absolute atomic E-state index is 0.741. The van der Waals surface area contributed by atoms with Gasteiger partial charge in [-0.3, -0.25) is 0 Å². The molecule has 0 saturated heterocycles. The Balaban J connectivity index is 1.70. The van der Waals surface area contributed by atoms with Gasteiger partial charge in [0.25, 0.3) is 0 Å². The van der Waals surface area contributed by atoms with E-state index in [-0.39, 0.29) is 0 Å². The van der Waals surface area contributed by atoms with Gasteiger partial charge in [0.15, 0.2) is 0 Å². The Hall–Kier alpha value is -1.65. The number of pyridine rings is 1. The molecule has 1 aromatic carbocycles. The second-order valence-electron chi connectivity index (χ2n) is 4.86. The molecule has 0 aliphatic heterocycles. The number of nitrogens with one attached hydrogen (secondary N) is 1. The second-order valence-corrected chi connectivity index (χ2v) is 5.62. The van der Waals surface area contributed by atoms with Gasteiger partial charge in [-0.1, -0.05) is 35.9 Å². The standard InChI is InChI=1S/C16H16BrN3/c1-12-5-7-13(8-6-12)10-18-11-15-19-16(17)14-4-2-3-9-20(14)15/h2-9,18H,10-11H2,1H3. The number of hydrogen-bond donors (Lipinski definition) is 1. The van der Waals surface area contributed by atoms with E-state index in [0.717, 1.165) is 29.0 Å². The summed E-state index contributed by atoms with van der Waals surface area (Å²) in [5, 5.41) is 3.44. The minimum Gasteiger partial charge on any atom is -0.306 e. The first-order valence-electron chi connectivity index (χ1n) is 6.62. The SMILES string of the molecule is Cc1ccc(CNCc2nc(Br)c3ccccn23)cc1. The van der Waals surface area contributed by atoms with Crippen molar-refractivity contribution in [2.24, 2.45) is 0 Å². The molecule has 0 saturated carbocycles. The van der Waals surface area contributed by atoms with Crippen LogP contribution in [0.4, 0.5) is 0 Å². The van der Waals surface area contributed by atoms with E-state index in [4.69, 9.17) is 0 Å². The molecule has 0 radical (unpaired) electrons. The normalized spacial score (nSPS) is 11.1. The maximum absolute atomic E-state index is 4.55. The molecule has 1 N–H and O–H groups in total. The average Bonchev–Trinajstić information content (AvgIpc) is 2.79. The van der Waals surface area contributed by atoms with E-state index in [1.165, 1.54) is 11.1 Å². The van der Waals surface area contributed by atoms with E-state index < -0.39 is 0 Å². The third-order valence-corrected chi connectivity index (χ3v) is 3.89. The molecule has 0 spiro atoms. The molecule has 0 unspecified atom stereocenters. The van der Waals surface area contributed by atoms with Crippen LogP contribution in [0, 0.1) is 6.92 Å². The van der Waals surface area contributed by atoms with Crippen LogP contribution < -0.4 is 5.32 Å². The molecule has 3 aromatic rings. The second kappa shape index (κ2) is 5.77. The van der Waals surface area contributed by atoms with Crippen molar-refractivity contribution < 1.29 is 0 Å².